The van der Waals surface area contributed by atoms with Crippen molar-refractivity contribution < 1.29 is 44.0 Å². The molecule has 9 atom stereocenters. The van der Waals surface area contributed by atoms with Gasteiger partial charge in [-0.2, -0.15) is 5.10 Å². The Morgan fingerprint density at radius 1 is 1.19 bits per heavy atom. The lowest BCUT2D eigenvalue weighted by atomic mass is 9.44. The molecule has 266 valence electrons. The first-order valence-corrected chi connectivity index (χ1v) is 18.0. The average Bonchev–Trinajstić information content (AvgIpc) is 3.38. The second-order valence-corrected chi connectivity index (χ2v) is 17.2. The van der Waals surface area contributed by atoms with Crippen LogP contribution in [-0.2, 0) is 19.2 Å². The maximum atomic E-state index is 17.6. The van der Waals surface area contributed by atoms with Crippen molar-refractivity contribution in [2.45, 2.75) is 120 Å². The Labute approximate surface area is 285 Å². The van der Waals surface area contributed by atoms with Gasteiger partial charge in [-0.05, 0) is 83.3 Å². The minimum absolute atomic E-state index is 0.0740. The topological polar surface area (TPSA) is 177 Å². The predicted molar refractivity (Wildman–Crippen MR) is 178 cm³/mol. The lowest BCUT2D eigenvalue weighted by Gasteiger charge is -2.62. The minimum atomic E-state index is -2.06. The molecular weight excluding hydrogens is 641 g/mol. The zero-order chi connectivity index (χ0) is 35.4. The van der Waals surface area contributed by atoms with Gasteiger partial charge in [0.1, 0.15) is 17.1 Å². The minimum Gasteiger partial charge on any atom is -0.390 e. The van der Waals surface area contributed by atoms with Gasteiger partial charge in [0.25, 0.3) is 0 Å². The summed E-state index contributed by atoms with van der Waals surface area (Å²) in [6.07, 6.45) is 6.86. The second-order valence-electron chi connectivity index (χ2n) is 15.4. The van der Waals surface area contributed by atoms with E-state index in [0.29, 0.717) is 44.2 Å². The fourth-order valence-electron chi connectivity index (χ4n) is 9.58. The number of fused-ring (bicyclic) bond motifs is 5. The van der Waals surface area contributed by atoms with E-state index in [9.17, 15) is 39.6 Å². The number of carbonyl (C=O) groups excluding carboxylic acids is 4. The summed E-state index contributed by atoms with van der Waals surface area (Å²) in [5, 5.41) is 46.4. The average molecular weight is 692 g/mol. The van der Waals surface area contributed by atoms with Gasteiger partial charge in [-0.25, -0.2) is 9.82 Å². The third-order valence-corrected chi connectivity index (χ3v) is 13.3. The van der Waals surface area contributed by atoms with E-state index in [1.807, 2.05) is 0 Å². The van der Waals surface area contributed by atoms with E-state index in [0.717, 1.165) is 17.3 Å². The standard InChI is InChI=1S/C35H50FN3O8S/c1-20-15-24-23-11-10-21-16-22(12-13-32(21,4)34(23,36)26(41)18-33(24,5)35(20,47)27(42)19-40)37-38-28(43)9-7-6-8-14-39-29(44)17-25(30(39)45)48-31(2,3)46/h12-13,16,20,23-26,40-41,46-47H,6-11,14-15,17-19H2,1-5H3,(H,38,43)/t20-,23+,24+,25?,26+,32+,33+,34+,35+/m1/s1. The quantitative estimate of drug-likeness (QED) is 0.0944. The number of aliphatic hydroxyl groups excluding tert-OH is 2. The number of aliphatic hydroxyl groups is 4. The molecule has 1 unspecified atom stereocenters. The molecule has 1 heterocycles. The number of unbranched alkanes of at least 4 members (excludes halogenated alkanes) is 2. The van der Waals surface area contributed by atoms with Gasteiger partial charge in [-0.3, -0.25) is 24.1 Å². The van der Waals surface area contributed by atoms with Crippen LogP contribution in [0.25, 0.3) is 0 Å². The number of nitrogens with one attached hydrogen (secondary N) is 1. The SMILES string of the molecule is C[C@@H]1C[C@H]2[C@@H]3CCC4=CC(=NNC(=O)CCCCCN5C(=O)CC(SC(C)(C)O)C5=O)C=C[C@]4(C)[C@@]3(F)[C@@H](O)C[C@]2(C)[C@@]1(O)C(=O)CO. The highest BCUT2D eigenvalue weighted by molar-refractivity contribution is 8.01. The Hall–Kier alpha value is -2.45. The molecule has 4 aliphatic carbocycles. The number of rotatable bonds is 11. The Balaban J connectivity index is 1.16. The van der Waals surface area contributed by atoms with Crippen LogP contribution in [-0.4, -0.2) is 95.3 Å². The molecule has 0 aromatic heterocycles. The van der Waals surface area contributed by atoms with Crippen LogP contribution in [0.4, 0.5) is 4.39 Å². The number of halogens is 1. The summed E-state index contributed by atoms with van der Waals surface area (Å²) < 4.78 is 17.6. The molecule has 3 saturated carbocycles. The molecule has 4 fully saturated rings. The fourth-order valence-corrected chi connectivity index (χ4v) is 10.7. The monoisotopic (exact) mass is 691 g/mol. The lowest BCUT2D eigenvalue weighted by molar-refractivity contribution is -0.219. The van der Waals surface area contributed by atoms with Gasteiger partial charge >= 0.3 is 0 Å². The smallest absolute Gasteiger partial charge is 0.242 e. The van der Waals surface area contributed by atoms with Gasteiger partial charge in [0.15, 0.2) is 11.5 Å². The van der Waals surface area contributed by atoms with Crippen molar-refractivity contribution in [1.29, 1.82) is 0 Å². The maximum absolute atomic E-state index is 17.6. The molecule has 0 aromatic rings. The molecule has 11 nitrogen and oxygen atoms in total. The third-order valence-electron chi connectivity index (χ3n) is 12.0. The lowest BCUT2D eigenvalue weighted by Crippen LogP contribution is -2.69. The number of carbonyl (C=O) groups is 4. The molecule has 5 N–H and O–H groups in total. The molecular formula is C35H50FN3O8S. The molecule has 1 aliphatic heterocycles. The molecule has 1 saturated heterocycles. The van der Waals surface area contributed by atoms with Gasteiger partial charge in [-0.1, -0.05) is 31.9 Å². The Bertz CT molecular complexity index is 1440. The van der Waals surface area contributed by atoms with E-state index in [1.165, 1.54) is 4.90 Å². The number of amides is 3. The van der Waals surface area contributed by atoms with Gasteiger partial charge in [0.2, 0.25) is 17.7 Å². The summed E-state index contributed by atoms with van der Waals surface area (Å²) >= 11 is 1.07. The van der Waals surface area contributed by atoms with E-state index in [2.05, 4.69) is 10.5 Å². The van der Waals surface area contributed by atoms with Crippen LogP contribution in [0.1, 0.15) is 92.4 Å². The van der Waals surface area contributed by atoms with E-state index in [-0.39, 0.29) is 49.4 Å². The van der Waals surface area contributed by atoms with Gasteiger partial charge in [0, 0.05) is 36.1 Å². The second kappa shape index (κ2) is 13.0. The summed E-state index contributed by atoms with van der Waals surface area (Å²) in [5.41, 5.74) is -2.38. The van der Waals surface area contributed by atoms with E-state index < -0.39 is 62.6 Å². The number of allylic oxidation sites excluding steroid dienone is 4. The fraction of sp³-hybridized carbons (Fsp3) is 0.743. The van der Waals surface area contributed by atoms with Crippen LogP contribution in [0.5, 0.6) is 0 Å². The number of hydrogen-bond acceptors (Lipinski definition) is 10. The number of hydrogen-bond donors (Lipinski definition) is 5. The van der Waals surface area contributed by atoms with Crippen LogP contribution >= 0.6 is 11.8 Å². The maximum Gasteiger partial charge on any atom is 0.242 e. The largest absolute Gasteiger partial charge is 0.390 e. The molecule has 13 heteroatoms. The van der Waals surface area contributed by atoms with Crippen molar-refractivity contribution in [2.75, 3.05) is 13.2 Å². The number of alkyl halides is 1. The summed E-state index contributed by atoms with van der Waals surface area (Å²) in [7, 11) is 0. The Morgan fingerprint density at radius 2 is 1.90 bits per heavy atom. The highest BCUT2D eigenvalue weighted by Crippen LogP contribution is 2.70. The van der Waals surface area contributed by atoms with Crippen molar-refractivity contribution in [3.8, 4) is 0 Å². The third kappa shape index (κ3) is 5.91. The summed E-state index contributed by atoms with van der Waals surface area (Å²) in [5.74, 6) is -3.00. The molecule has 0 bridgehead atoms. The number of Topliss-reactive ketones (excluding diaryl/α,β-unsaturated/α-hetero) is 1. The van der Waals surface area contributed by atoms with Crippen molar-refractivity contribution in [2.24, 2.45) is 33.7 Å². The molecule has 5 aliphatic rings. The van der Waals surface area contributed by atoms with Crippen molar-refractivity contribution in [3.63, 3.8) is 0 Å². The van der Waals surface area contributed by atoms with Crippen LogP contribution < -0.4 is 5.43 Å². The van der Waals surface area contributed by atoms with Crippen LogP contribution in [0.15, 0.2) is 28.9 Å². The van der Waals surface area contributed by atoms with E-state index in [1.54, 1.807) is 52.8 Å². The van der Waals surface area contributed by atoms with Crippen LogP contribution in [0.2, 0.25) is 0 Å². The predicted octanol–water partition coefficient (Wildman–Crippen LogP) is 2.95. The Morgan fingerprint density at radius 3 is 2.56 bits per heavy atom. The van der Waals surface area contributed by atoms with Gasteiger partial charge in [0.05, 0.1) is 17.1 Å². The molecule has 3 amide bonds. The number of hydrazone groups is 1. The van der Waals surface area contributed by atoms with E-state index >= 15 is 4.39 Å². The first-order chi connectivity index (χ1) is 22.3. The number of thioether (sulfide) groups is 1. The molecule has 0 spiro atoms. The van der Waals surface area contributed by atoms with Crippen LogP contribution in [0.3, 0.4) is 0 Å². The Kier molecular flexibility index (Phi) is 9.99. The zero-order valence-corrected chi connectivity index (χ0v) is 29.3. The van der Waals surface area contributed by atoms with Crippen LogP contribution in [0, 0.1) is 28.6 Å². The zero-order valence-electron chi connectivity index (χ0n) is 28.5. The van der Waals surface area contributed by atoms with Gasteiger partial charge < -0.3 is 20.4 Å². The number of ketones is 1. The normalized spacial score (nSPS) is 40.0. The number of likely N-dealkylation sites (tertiary alicyclic amines) is 1. The molecule has 0 radical (unpaired) electrons. The van der Waals surface area contributed by atoms with Crippen molar-refractivity contribution in [1.82, 2.24) is 10.3 Å². The summed E-state index contributed by atoms with van der Waals surface area (Å²) in [6.45, 7) is 7.89. The molecule has 48 heavy (non-hydrogen) atoms. The summed E-state index contributed by atoms with van der Waals surface area (Å²) in [4.78, 5) is 50.3. The first-order valence-electron chi connectivity index (χ1n) is 17.1. The molecule has 0 aromatic carbocycles. The number of nitrogens with zero attached hydrogens (tertiary/aromatic N) is 2. The van der Waals surface area contributed by atoms with Gasteiger partial charge in [-0.15, -0.1) is 11.8 Å². The summed E-state index contributed by atoms with van der Waals surface area (Å²) in [6, 6.07) is 0. The van der Waals surface area contributed by atoms with E-state index in [4.69, 9.17) is 0 Å². The first kappa shape index (κ1) is 36.8. The highest BCUT2D eigenvalue weighted by atomic mass is 32.2. The van der Waals surface area contributed by atoms with Crippen molar-refractivity contribution >= 4 is 41.0 Å². The molecule has 5 rings (SSSR count). The van der Waals surface area contributed by atoms with Crippen molar-refractivity contribution in [3.05, 3.63) is 23.8 Å². The number of imide groups is 1. The highest BCUT2D eigenvalue weighted by Gasteiger charge is 2.75.